The molecule has 0 aromatic heterocycles. The molecule has 2 fully saturated rings. The van der Waals surface area contributed by atoms with Gasteiger partial charge in [-0.1, -0.05) is 29.3 Å². The van der Waals surface area contributed by atoms with E-state index in [0.29, 0.717) is 30.5 Å². The fourth-order valence-electron chi connectivity index (χ4n) is 5.43. The van der Waals surface area contributed by atoms with Gasteiger partial charge in [0.05, 0.1) is 21.2 Å². The Balaban J connectivity index is 0.00000462. The van der Waals surface area contributed by atoms with Crippen molar-refractivity contribution in [3.63, 3.8) is 0 Å². The summed E-state index contributed by atoms with van der Waals surface area (Å²) in [6.07, 6.45) is -8.54. The van der Waals surface area contributed by atoms with Crippen molar-refractivity contribution < 1.29 is 35.9 Å². The van der Waals surface area contributed by atoms with Gasteiger partial charge in [0, 0.05) is 43.6 Å². The lowest BCUT2D eigenvalue weighted by Gasteiger charge is -2.44. The molecule has 2 aliphatic heterocycles. The molecule has 4 rings (SSSR count). The molecule has 1 N–H and O–H groups in total. The van der Waals surface area contributed by atoms with Crippen LogP contribution in [0.4, 0.5) is 26.3 Å². The summed E-state index contributed by atoms with van der Waals surface area (Å²) in [7, 11) is 1.34. The van der Waals surface area contributed by atoms with Gasteiger partial charge in [-0.25, -0.2) is 0 Å². The third kappa shape index (κ3) is 7.60. The van der Waals surface area contributed by atoms with Crippen LogP contribution < -0.4 is 5.32 Å². The van der Waals surface area contributed by atoms with Crippen molar-refractivity contribution in [1.82, 2.24) is 15.1 Å². The zero-order valence-corrected chi connectivity index (χ0v) is 24.1. The van der Waals surface area contributed by atoms with E-state index in [1.165, 1.54) is 7.05 Å². The SMILES string of the molecule is CN(C(=O)c1cc(C(F)(F)F)cc(C(F)(F)F)c1)[C@H]1CCN(C(=O)C2CCNCC2)C[C@@H]1c1ccc(Cl)c(Cl)c1.Cl. The van der Waals surface area contributed by atoms with E-state index in [9.17, 15) is 35.9 Å². The summed E-state index contributed by atoms with van der Waals surface area (Å²) in [6.45, 7) is 1.91. The maximum atomic E-state index is 13.4. The highest BCUT2D eigenvalue weighted by Crippen LogP contribution is 2.38. The number of amides is 2. The zero-order chi connectivity index (χ0) is 29.4. The Bertz CT molecular complexity index is 1240. The number of nitrogens with one attached hydrogen (secondary N) is 1. The second-order valence-corrected chi connectivity index (χ2v) is 11.0. The van der Waals surface area contributed by atoms with Crippen LogP contribution in [0.15, 0.2) is 36.4 Å². The van der Waals surface area contributed by atoms with Gasteiger partial charge in [0.25, 0.3) is 5.91 Å². The molecule has 2 atom stereocenters. The fourth-order valence-corrected chi connectivity index (χ4v) is 5.74. The predicted octanol–water partition coefficient (Wildman–Crippen LogP) is 6.91. The van der Waals surface area contributed by atoms with Crippen LogP contribution in [0.1, 0.15) is 52.2 Å². The number of carbonyl (C=O) groups excluding carboxylic acids is 2. The molecule has 14 heteroatoms. The summed E-state index contributed by atoms with van der Waals surface area (Å²) in [5, 5.41) is 3.74. The van der Waals surface area contributed by atoms with Crippen LogP contribution in [-0.2, 0) is 17.1 Å². The van der Waals surface area contributed by atoms with Gasteiger partial charge in [-0.3, -0.25) is 9.59 Å². The van der Waals surface area contributed by atoms with E-state index in [2.05, 4.69) is 5.32 Å². The van der Waals surface area contributed by atoms with Gasteiger partial charge < -0.3 is 15.1 Å². The highest BCUT2D eigenvalue weighted by molar-refractivity contribution is 6.42. The molecule has 2 aliphatic rings. The molecular formula is C27H28Cl3F6N3O2. The van der Waals surface area contributed by atoms with Gasteiger partial charge in [-0.15, -0.1) is 12.4 Å². The fraction of sp³-hybridized carbons (Fsp3) is 0.481. The largest absolute Gasteiger partial charge is 0.416 e. The first kappa shape index (κ1) is 33.3. The number of rotatable bonds is 4. The van der Waals surface area contributed by atoms with Crippen LogP contribution in [-0.4, -0.2) is 60.9 Å². The van der Waals surface area contributed by atoms with E-state index < -0.39 is 46.9 Å². The summed E-state index contributed by atoms with van der Waals surface area (Å²) in [4.78, 5) is 29.6. The quantitative estimate of drug-likeness (QED) is 0.368. The van der Waals surface area contributed by atoms with Crippen molar-refractivity contribution in [2.75, 3.05) is 33.2 Å². The van der Waals surface area contributed by atoms with Crippen molar-refractivity contribution in [2.24, 2.45) is 5.92 Å². The van der Waals surface area contributed by atoms with Crippen LogP contribution in [0.3, 0.4) is 0 Å². The molecule has 226 valence electrons. The lowest BCUT2D eigenvalue weighted by Crippen LogP contribution is -2.53. The highest BCUT2D eigenvalue weighted by atomic mass is 35.5. The summed E-state index contributed by atoms with van der Waals surface area (Å²) >= 11 is 12.3. The molecule has 2 saturated heterocycles. The minimum atomic E-state index is -5.09. The Morgan fingerprint density at radius 2 is 1.49 bits per heavy atom. The zero-order valence-electron chi connectivity index (χ0n) is 21.8. The average molecular weight is 647 g/mol. The van der Waals surface area contributed by atoms with Gasteiger partial charge in [0.15, 0.2) is 0 Å². The molecule has 0 aliphatic carbocycles. The van der Waals surface area contributed by atoms with E-state index in [1.54, 1.807) is 23.1 Å². The molecule has 2 aromatic rings. The molecule has 0 spiro atoms. The van der Waals surface area contributed by atoms with E-state index in [4.69, 9.17) is 23.2 Å². The second-order valence-electron chi connectivity index (χ2n) is 10.2. The van der Waals surface area contributed by atoms with E-state index in [1.807, 2.05) is 0 Å². The Morgan fingerprint density at radius 1 is 0.902 bits per heavy atom. The molecule has 0 bridgehead atoms. The lowest BCUT2D eigenvalue weighted by molar-refractivity contribution is -0.143. The highest BCUT2D eigenvalue weighted by Gasteiger charge is 2.41. The van der Waals surface area contributed by atoms with E-state index in [0.717, 1.165) is 18.0 Å². The predicted molar refractivity (Wildman–Crippen MR) is 146 cm³/mol. The summed E-state index contributed by atoms with van der Waals surface area (Å²) in [5.74, 6) is -1.69. The smallest absolute Gasteiger partial charge is 0.342 e. The number of carbonyl (C=O) groups is 2. The van der Waals surface area contributed by atoms with Gasteiger partial charge in [-0.05, 0) is 68.2 Å². The van der Waals surface area contributed by atoms with Crippen LogP contribution in [0.5, 0.6) is 0 Å². The number of nitrogens with zero attached hydrogens (tertiary/aromatic N) is 2. The number of benzene rings is 2. The van der Waals surface area contributed by atoms with Gasteiger partial charge in [0.2, 0.25) is 5.91 Å². The number of likely N-dealkylation sites (N-methyl/N-ethyl adjacent to an activating group) is 1. The molecular weight excluding hydrogens is 619 g/mol. The number of hydrogen-bond acceptors (Lipinski definition) is 3. The number of likely N-dealkylation sites (tertiary alicyclic amines) is 1. The second kappa shape index (κ2) is 13.0. The number of halogens is 9. The Hall–Kier alpha value is -2.21. The average Bonchev–Trinajstić information content (AvgIpc) is 2.92. The molecule has 41 heavy (non-hydrogen) atoms. The minimum absolute atomic E-state index is 0. The van der Waals surface area contributed by atoms with Gasteiger partial charge >= 0.3 is 12.4 Å². The maximum absolute atomic E-state index is 13.4. The number of hydrogen-bond donors (Lipinski definition) is 1. The molecule has 5 nitrogen and oxygen atoms in total. The summed E-state index contributed by atoms with van der Waals surface area (Å²) < 4.78 is 80.5. The molecule has 2 amide bonds. The molecule has 2 heterocycles. The molecule has 0 saturated carbocycles. The maximum Gasteiger partial charge on any atom is 0.416 e. The number of alkyl halides is 6. The van der Waals surface area contributed by atoms with Gasteiger partial charge in [-0.2, -0.15) is 26.3 Å². The Labute approximate surface area is 249 Å². The van der Waals surface area contributed by atoms with E-state index in [-0.39, 0.29) is 59.9 Å². The first-order chi connectivity index (χ1) is 18.7. The molecule has 2 aromatic carbocycles. The standard InChI is InChI=1S/C27H27Cl2F6N3O2.ClH/c1-37(24(39)17-10-18(26(30,31)32)13-19(11-17)27(33,34)35)23-6-9-38(25(40)15-4-7-36-8-5-15)14-20(23)16-2-3-21(28)22(29)12-16;/h2-3,10-13,15,20,23,36H,4-9,14H2,1H3;1H/t20-,23+;/m1./s1. The van der Waals surface area contributed by atoms with Crippen LogP contribution in [0.2, 0.25) is 10.0 Å². The minimum Gasteiger partial charge on any atom is -0.342 e. The lowest BCUT2D eigenvalue weighted by atomic mass is 9.83. The van der Waals surface area contributed by atoms with Gasteiger partial charge in [0.1, 0.15) is 0 Å². The number of piperidine rings is 2. The summed E-state index contributed by atoms with van der Waals surface area (Å²) in [6, 6.07) is 5.05. The van der Waals surface area contributed by atoms with Crippen molar-refractivity contribution >= 4 is 47.4 Å². The van der Waals surface area contributed by atoms with E-state index >= 15 is 0 Å². The third-order valence-electron chi connectivity index (χ3n) is 7.60. The molecule has 0 unspecified atom stereocenters. The van der Waals surface area contributed by atoms with Crippen LogP contribution >= 0.6 is 35.6 Å². The Morgan fingerprint density at radius 3 is 2.02 bits per heavy atom. The van der Waals surface area contributed by atoms with Crippen LogP contribution in [0.25, 0.3) is 0 Å². The normalized spacial score (nSPS) is 20.4. The topological polar surface area (TPSA) is 52.7 Å². The van der Waals surface area contributed by atoms with Crippen molar-refractivity contribution in [3.05, 3.63) is 68.7 Å². The third-order valence-corrected chi connectivity index (χ3v) is 8.34. The molecule has 0 radical (unpaired) electrons. The first-order valence-corrected chi connectivity index (χ1v) is 13.4. The van der Waals surface area contributed by atoms with Crippen molar-refractivity contribution in [2.45, 2.75) is 43.6 Å². The van der Waals surface area contributed by atoms with Crippen molar-refractivity contribution in [1.29, 1.82) is 0 Å². The monoisotopic (exact) mass is 645 g/mol. The summed E-state index contributed by atoms with van der Waals surface area (Å²) in [5.41, 5.74) is -3.22. The Kier molecular flexibility index (Phi) is 10.5. The van der Waals surface area contributed by atoms with Crippen LogP contribution in [0, 0.1) is 5.92 Å². The van der Waals surface area contributed by atoms with Crippen molar-refractivity contribution in [3.8, 4) is 0 Å². The first-order valence-electron chi connectivity index (χ1n) is 12.7.